The average Bonchev–Trinajstić information content (AvgIpc) is 2.89. The van der Waals surface area contributed by atoms with Gasteiger partial charge in [0.15, 0.2) is 14.1 Å². The number of halogens is 1. The number of hydrogen-bond donors (Lipinski definition) is 0. The van der Waals surface area contributed by atoms with Crippen molar-refractivity contribution in [3.63, 3.8) is 0 Å². The van der Waals surface area contributed by atoms with Crippen LogP contribution in [0, 0.1) is 0 Å². The lowest BCUT2D eigenvalue weighted by Gasteiger charge is -2.55. The molecular weight excluding hydrogens is 668 g/mol. The molecule has 2 fully saturated rings. The van der Waals surface area contributed by atoms with Gasteiger partial charge in [-0.15, -0.1) is 0 Å². The molecular formula is C35H61BrO7Si2. The fourth-order valence-corrected chi connectivity index (χ4v) is 8.93. The zero-order chi connectivity index (χ0) is 33.5. The monoisotopic (exact) mass is 728 g/mol. The van der Waals surface area contributed by atoms with Crippen molar-refractivity contribution in [2.24, 2.45) is 0 Å². The van der Waals surface area contributed by atoms with Crippen LogP contribution in [0.5, 0.6) is 0 Å². The van der Waals surface area contributed by atoms with E-state index in [1.54, 1.807) is 0 Å². The Balaban J connectivity index is 1.79. The van der Waals surface area contributed by atoms with Crippen LogP contribution in [-0.4, -0.2) is 71.9 Å². The van der Waals surface area contributed by atoms with Gasteiger partial charge in [0, 0.05) is 64.3 Å². The Hall–Kier alpha value is -0.436. The lowest BCUT2D eigenvalue weighted by atomic mass is 9.81. The highest BCUT2D eigenvalue weighted by Crippen LogP contribution is 2.49. The Bertz CT molecular complexity index is 1090. The molecule has 1 spiro atoms. The molecule has 1 aromatic carbocycles. The van der Waals surface area contributed by atoms with E-state index >= 15 is 0 Å². The molecule has 10 heteroatoms. The zero-order valence-corrected chi connectivity index (χ0v) is 33.3. The van der Waals surface area contributed by atoms with Crippen molar-refractivity contribution in [3.05, 3.63) is 34.3 Å². The van der Waals surface area contributed by atoms with E-state index in [4.69, 9.17) is 28.1 Å². The van der Waals surface area contributed by atoms with E-state index in [0.29, 0.717) is 58.3 Å². The van der Waals surface area contributed by atoms with Gasteiger partial charge < -0.3 is 28.1 Å². The van der Waals surface area contributed by atoms with E-state index in [2.05, 4.69) is 82.4 Å². The van der Waals surface area contributed by atoms with Crippen molar-refractivity contribution < 1.29 is 32.9 Å². The Labute approximate surface area is 284 Å². The average molecular weight is 730 g/mol. The molecule has 0 saturated carbocycles. The molecule has 0 bridgehead atoms. The van der Waals surface area contributed by atoms with Crippen molar-refractivity contribution in [1.29, 1.82) is 0 Å². The first-order valence-electron chi connectivity index (χ1n) is 16.9. The van der Waals surface area contributed by atoms with Gasteiger partial charge in [-0.05, 0) is 49.2 Å². The molecule has 0 amide bonds. The number of carbonyl (C=O) groups is 1. The summed E-state index contributed by atoms with van der Waals surface area (Å²) < 4.78 is 40.4. The number of ketones is 1. The van der Waals surface area contributed by atoms with E-state index in [1.807, 2.05) is 25.1 Å². The van der Waals surface area contributed by atoms with Crippen molar-refractivity contribution >= 4 is 38.1 Å². The maximum atomic E-state index is 12.7. The number of hydrogen-bond acceptors (Lipinski definition) is 7. The van der Waals surface area contributed by atoms with E-state index in [-0.39, 0.29) is 35.9 Å². The minimum absolute atomic E-state index is 0.0517. The second-order valence-corrected chi connectivity index (χ2v) is 27.4. The molecule has 1 aromatic rings. The molecule has 2 saturated heterocycles. The third-order valence-electron chi connectivity index (χ3n) is 9.47. The molecule has 45 heavy (non-hydrogen) atoms. The molecule has 2 heterocycles. The van der Waals surface area contributed by atoms with Crippen molar-refractivity contribution in [3.8, 4) is 0 Å². The summed E-state index contributed by atoms with van der Waals surface area (Å²) in [6, 6.07) is 9.23. The summed E-state index contributed by atoms with van der Waals surface area (Å²) in [5.41, 5.74) is 0.629. The van der Waals surface area contributed by atoms with Gasteiger partial charge in [0.25, 0.3) is 0 Å². The van der Waals surface area contributed by atoms with Crippen LogP contribution < -0.4 is 0 Å². The normalized spacial score (nSPS) is 28.0. The Morgan fingerprint density at radius 1 is 1.02 bits per heavy atom. The Kier molecular flexibility index (Phi) is 14.1. The van der Waals surface area contributed by atoms with Crippen LogP contribution in [0.2, 0.25) is 43.8 Å². The van der Waals surface area contributed by atoms with Gasteiger partial charge >= 0.3 is 0 Å². The number of Topliss-reactive ketones (excluding diaryl/α,β-unsaturated/α-hetero) is 1. The summed E-state index contributed by atoms with van der Waals surface area (Å²) in [6.45, 7) is 24.6. The Morgan fingerprint density at radius 3 is 2.36 bits per heavy atom. The van der Waals surface area contributed by atoms with Crippen LogP contribution in [0.25, 0.3) is 0 Å². The van der Waals surface area contributed by atoms with Crippen LogP contribution in [0.15, 0.2) is 28.7 Å². The van der Waals surface area contributed by atoms with Crippen LogP contribution in [0.3, 0.4) is 0 Å². The van der Waals surface area contributed by atoms with Gasteiger partial charge in [-0.3, -0.25) is 4.79 Å². The first-order chi connectivity index (χ1) is 20.8. The lowest BCUT2D eigenvalue weighted by molar-refractivity contribution is -0.353. The smallest absolute Gasteiger partial charge is 0.192 e. The molecule has 0 aliphatic carbocycles. The van der Waals surface area contributed by atoms with Crippen LogP contribution in [0.4, 0.5) is 0 Å². The first kappa shape index (κ1) is 39.0. The second-order valence-electron chi connectivity index (χ2n) is 16.2. The summed E-state index contributed by atoms with van der Waals surface area (Å²) in [6.07, 6.45) is 3.64. The fraction of sp³-hybridized carbons (Fsp3) is 0.800. The van der Waals surface area contributed by atoms with Crippen LogP contribution >= 0.6 is 15.9 Å². The predicted octanol–water partition coefficient (Wildman–Crippen LogP) is 9.26. The van der Waals surface area contributed by atoms with Crippen molar-refractivity contribution in [1.82, 2.24) is 0 Å². The molecule has 2 aliphatic rings. The van der Waals surface area contributed by atoms with Gasteiger partial charge in [0.2, 0.25) is 0 Å². The highest BCUT2D eigenvalue weighted by atomic mass is 79.9. The quantitative estimate of drug-likeness (QED) is 0.0955. The molecule has 0 aromatic heterocycles. The SMILES string of the molecule is CCC(=O)C[C@H]1C[C@](C)(O[Si](C)(C)C(C)(C)C)C[C@@]2(C[C@@H](OCOCC[Si](C)(C)C)C[C@H](CCOCc3ccccc3Br)O2)O1. The molecule has 0 unspecified atom stereocenters. The second kappa shape index (κ2) is 16.3. The maximum absolute atomic E-state index is 12.7. The number of ether oxygens (including phenoxy) is 5. The summed E-state index contributed by atoms with van der Waals surface area (Å²) in [5, 5.41) is 0.0517. The molecule has 2 aliphatic heterocycles. The van der Waals surface area contributed by atoms with E-state index in [0.717, 1.165) is 22.5 Å². The lowest BCUT2D eigenvalue weighted by Crippen LogP contribution is -2.61. The molecule has 258 valence electrons. The molecule has 7 nitrogen and oxygen atoms in total. The first-order valence-corrected chi connectivity index (χ1v) is 24.3. The van der Waals surface area contributed by atoms with Crippen LogP contribution in [0.1, 0.15) is 85.1 Å². The maximum Gasteiger partial charge on any atom is 0.192 e. The number of carbonyl (C=O) groups excluding carboxylic acids is 1. The summed E-state index contributed by atoms with van der Waals surface area (Å²) >= 11 is 3.62. The molecule has 5 atom stereocenters. The van der Waals surface area contributed by atoms with Crippen molar-refractivity contribution in [2.75, 3.05) is 20.0 Å². The predicted molar refractivity (Wildman–Crippen MR) is 190 cm³/mol. The summed E-state index contributed by atoms with van der Waals surface area (Å²) in [5.74, 6) is -0.717. The number of benzene rings is 1. The minimum Gasteiger partial charge on any atom is -0.411 e. The largest absolute Gasteiger partial charge is 0.411 e. The summed E-state index contributed by atoms with van der Waals surface area (Å²) in [7, 11) is -3.32. The van der Waals surface area contributed by atoms with Crippen LogP contribution in [-0.2, 0) is 39.5 Å². The highest BCUT2D eigenvalue weighted by Gasteiger charge is 2.55. The zero-order valence-electron chi connectivity index (χ0n) is 29.8. The topological polar surface area (TPSA) is 72.5 Å². The van der Waals surface area contributed by atoms with Crippen molar-refractivity contribution in [2.45, 2.75) is 160 Å². The van der Waals surface area contributed by atoms with E-state index < -0.39 is 27.8 Å². The van der Waals surface area contributed by atoms with Gasteiger partial charge in [-0.1, -0.05) is 81.5 Å². The van der Waals surface area contributed by atoms with Gasteiger partial charge in [0.05, 0.1) is 30.5 Å². The number of rotatable bonds is 16. The third kappa shape index (κ3) is 12.5. The molecule has 0 N–H and O–H groups in total. The molecule has 3 rings (SSSR count). The van der Waals surface area contributed by atoms with E-state index in [1.165, 1.54) is 0 Å². The minimum atomic E-state index is -2.13. The van der Waals surface area contributed by atoms with Gasteiger partial charge in [0.1, 0.15) is 12.6 Å². The molecule has 0 radical (unpaired) electrons. The standard InChI is InChI=1S/C35H61BrO7Si2/c1-11-28(37)20-31-22-34(5,43-45(9,10)33(2,3)4)25-35(42-31)23-30(40-26-39-18-19-44(6,7)8)21-29(41-35)16-17-38-24-27-14-12-13-15-32(27)36/h12-15,29-31H,11,16-26H2,1-10H3/t29-,30-,31-,34-,35+/m0/s1. The summed E-state index contributed by atoms with van der Waals surface area (Å²) in [4.78, 5) is 12.7. The Morgan fingerprint density at radius 2 is 1.71 bits per heavy atom. The third-order valence-corrected chi connectivity index (χ3v) is 16.6. The van der Waals surface area contributed by atoms with Gasteiger partial charge in [-0.25, -0.2) is 0 Å². The fourth-order valence-electron chi connectivity index (χ4n) is 6.08. The van der Waals surface area contributed by atoms with E-state index in [9.17, 15) is 4.79 Å². The van der Waals surface area contributed by atoms with Gasteiger partial charge in [-0.2, -0.15) is 0 Å². The highest BCUT2D eigenvalue weighted by molar-refractivity contribution is 9.10.